The Kier molecular flexibility index (Phi) is 12.9. The van der Waals surface area contributed by atoms with Gasteiger partial charge in [-0.1, -0.05) is 6.58 Å². The number of hydrogen-bond acceptors (Lipinski definition) is 5. The zero-order chi connectivity index (χ0) is 16.8. The number of carboxylic acid groups (broad SMARTS) is 1. The topological polar surface area (TPSA) is 199 Å². The summed E-state index contributed by atoms with van der Waals surface area (Å²) < 4.78 is 21.4. The molecule has 0 aromatic heterocycles. The van der Waals surface area contributed by atoms with Gasteiger partial charge in [-0.15, -0.1) is 0 Å². The van der Waals surface area contributed by atoms with Crippen LogP contribution in [0.15, 0.2) is 12.2 Å². The first-order chi connectivity index (χ1) is 8.70. The van der Waals surface area contributed by atoms with E-state index in [1.54, 1.807) is 0 Å². The Balaban J connectivity index is -0.000000394. The first-order valence-corrected chi connectivity index (χ1v) is 8.35. The fraction of sp³-hybridized carbons (Fsp3) is 0.625. The Bertz CT molecular complexity index is 409. The van der Waals surface area contributed by atoms with Crippen molar-refractivity contribution in [3.05, 3.63) is 12.2 Å². The average molecular weight is 359 g/mol. The van der Waals surface area contributed by atoms with E-state index in [1.165, 1.54) is 6.92 Å². The number of carboxylic acids is 1. The number of aliphatic carboxylic acids is 1. The molecular weight excluding hydrogens is 339 g/mol. The summed E-state index contributed by atoms with van der Waals surface area (Å²) in [5.41, 5.74) is 5.18. The van der Waals surface area contributed by atoms with Gasteiger partial charge in [-0.25, -0.2) is 4.79 Å². The van der Waals surface area contributed by atoms with Gasteiger partial charge in [-0.2, -0.15) is 0 Å². The van der Waals surface area contributed by atoms with Crippen molar-refractivity contribution in [3.8, 4) is 0 Å². The zero-order valence-corrected chi connectivity index (χ0v) is 12.5. The summed E-state index contributed by atoms with van der Waals surface area (Å²) in [5, 5.41) is 13.8. The van der Waals surface area contributed by atoms with Crippen LogP contribution in [-0.2, 0) is 13.9 Å². The second-order valence-corrected chi connectivity index (χ2v) is 7.85. The summed E-state index contributed by atoms with van der Waals surface area (Å²) in [5.74, 6) is -0.935. The van der Waals surface area contributed by atoms with Gasteiger partial charge >= 0.3 is 50.7 Å². The van der Waals surface area contributed by atoms with Crippen molar-refractivity contribution in [1.29, 1.82) is 0 Å². The summed E-state index contributed by atoms with van der Waals surface area (Å²) in [6.45, 7) is 4.56. The normalized spacial score (nSPS) is 11.8. The average Bonchev–Trinajstić information content (AvgIpc) is 2.23. The summed E-state index contributed by atoms with van der Waals surface area (Å²) in [6, 6.07) is 0. The third-order valence-electron chi connectivity index (χ3n) is 2.01. The molecule has 0 aromatic rings. The van der Waals surface area contributed by atoms with Crippen molar-refractivity contribution in [3.63, 3.8) is 0 Å². The Morgan fingerprint density at radius 1 is 1.19 bits per heavy atom. The molecule has 0 rings (SSSR count). The van der Waals surface area contributed by atoms with Gasteiger partial charge in [0.05, 0.1) is 0 Å². The van der Waals surface area contributed by atoms with Crippen molar-refractivity contribution >= 4 is 50.7 Å². The molecule has 0 bridgehead atoms. The van der Waals surface area contributed by atoms with Crippen LogP contribution in [0.2, 0.25) is 0 Å². The molecule has 0 radical (unpaired) electrons. The van der Waals surface area contributed by atoms with Crippen LogP contribution < -0.4 is 5.73 Å². The van der Waals surface area contributed by atoms with E-state index < -0.39 is 32.7 Å². The van der Waals surface area contributed by atoms with Gasteiger partial charge in [0.2, 0.25) is 0 Å². The third kappa shape index (κ3) is 9.22. The molecular formula is C8H20NNaO9P2. The Labute approximate surface area is 143 Å². The molecule has 10 nitrogen and oxygen atoms in total. The Hall–Kier alpha value is 0.430. The molecule has 0 aliphatic rings. The Morgan fingerprint density at radius 3 is 1.62 bits per heavy atom. The van der Waals surface area contributed by atoms with Crippen LogP contribution >= 0.6 is 15.2 Å². The van der Waals surface area contributed by atoms with Crippen molar-refractivity contribution in [2.24, 2.45) is 5.73 Å². The van der Waals surface area contributed by atoms with Crippen LogP contribution in [0.25, 0.3) is 0 Å². The molecule has 0 heterocycles. The monoisotopic (exact) mass is 359 g/mol. The van der Waals surface area contributed by atoms with E-state index in [0.717, 1.165) is 0 Å². The van der Waals surface area contributed by atoms with Gasteiger partial charge < -0.3 is 35.5 Å². The van der Waals surface area contributed by atoms with E-state index in [2.05, 4.69) is 6.58 Å². The molecule has 0 aliphatic carbocycles. The molecule has 0 atom stereocenters. The number of aliphatic hydroxyl groups is 1. The second-order valence-electron chi connectivity index (χ2n) is 3.84. The maximum atomic E-state index is 10.7. The van der Waals surface area contributed by atoms with Crippen LogP contribution in [0.3, 0.4) is 0 Å². The molecule has 0 saturated heterocycles. The van der Waals surface area contributed by atoms with Gasteiger partial charge in [0, 0.05) is 12.0 Å². The fourth-order valence-electron chi connectivity index (χ4n) is 0.800. The van der Waals surface area contributed by atoms with E-state index >= 15 is 0 Å². The van der Waals surface area contributed by atoms with E-state index in [-0.39, 0.29) is 48.1 Å². The van der Waals surface area contributed by atoms with Gasteiger partial charge in [0.25, 0.3) is 5.08 Å². The first kappa shape index (κ1) is 26.3. The zero-order valence-electron chi connectivity index (χ0n) is 10.7. The summed E-state index contributed by atoms with van der Waals surface area (Å²) >= 11 is 0. The third-order valence-corrected chi connectivity index (χ3v) is 5.89. The SMILES string of the molecule is C=C(C)C(=O)O.NCCCC(O)(P(=O)(O)O)P(=O)(O)O.[NaH]. The molecule has 8 N–H and O–H groups in total. The number of carbonyl (C=O) groups is 1. The van der Waals surface area contributed by atoms with Crippen molar-refractivity contribution in [2.45, 2.75) is 24.8 Å². The molecule has 21 heavy (non-hydrogen) atoms. The van der Waals surface area contributed by atoms with Gasteiger partial charge in [0.1, 0.15) is 0 Å². The predicted molar refractivity (Wildman–Crippen MR) is 76.9 cm³/mol. The van der Waals surface area contributed by atoms with Gasteiger partial charge in [0.15, 0.2) is 0 Å². The number of hydrogen-bond donors (Lipinski definition) is 7. The molecule has 0 unspecified atom stereocenters. The minimum atomic E-state index is -5.30. The molecule has 0 aromatic carbocycles. The standard InChI is InChI=1S/C4H13NO7P2.C4H6O2.Na.H/c5-3-1-2-4(6,13(7,8)9)14(10,11)12;1-3(2)4(5)6;;/h6H,1-3,5H2,(H2,7,8,9)(H2,10,11,12);1H2,2H3,(H,5,6);;. The van der Waals surface area contributed by atoms with E-state index in [0.29, 0.717) is 0 Å². The van der Waals surface area contributed by atoms with Gasteiger partial charge in [-0.3, -0.25) is 9.13 Å². The van der Waals surface area contributed by atoms with Gasteiger partial charge in [-0.05, 0) is 19.9 Å². The van der Waals surface area contributed by atoms with Crippen LogP contribution in [0.1, 0.15) is 19.8 Å². The molecule has 13 heteroatoms. The first-order valence-electron chi connectivity index (χ1n) is 5.13. The number of nitrogens with two attached hydrogens (primary N) is 1. The quantitative estimate of drug-likeness (QED) is 0.170. The summed E-state index contributed by atoms with van der Waals surface area (Å²) in [7, 11) is -10.6. The number of rotatable bonds is 6. The van der Waals surface area contributed by atoms with Crippen molar-refractivity contribution in [1.82, 2.24) is 0 Å². The van der Waals surface area contributed by atoms with E-state index in [4.69, 9.17) is 30.4 Å². The molecule has 0 amide bonds. The minimum absolute atomic E-state index is 0. The van der Waals surface area contributed by atoms with Crippen LogP contribution in [-0.4, -0.2) is 76.9 Å². The molecule has 0 spiro atoms. The molecule has 122 valence electrons. The van der Waals surface area contributed by atoms with Crippen LogP contribution in [0, 0.1) is 0 Å². The molecule has 0 aliphatic heterocycles. The van der Waals surface area contributed by atoms with Crippen molar-refractivity contribution in [2.75, 3.05) is 6.54 Å². The maximum absolute atomic E-state index is 10.7. The van der Waals surface area contributed by atoms with E-state index in [1.807, 2.05) is 0 Å². The van der Waals surface area contributed by atoms with Crippen LogP contribution in [0.5, 0.6) is 0 Å². The molecule has 0 fully saturated rings. The van der Waals surface area contributed by atoms with Crippen molar-refractivity contribution < 1.29 is 43.7 Å². The van der Waals surface area contributed by atoms with Crippen LogP contribution in [0.4, 0.5) is 0 Å². The second kappa shape index (κ2) is 10.3. The predicted octanol–water partition coefficient (Wildman–Crippen LogP) is -1.27. The van der Waals surface area contributed by atoms with E-state index in [9.17, 15) is 19.0 Å². The summed E-state index contributed by atoms with van der Waals surface area (Å²) in [4.78, 5) is 44.1. The summed E-state index contributed by atoms with van der Waals surface area (Å²) in [6.07, 6.45) is -0.856. The Morgan fingerprint density at radius 2 is 1.48 bits per heavy atom. The fourth-order valence-corrected chi connectivity index (χ4v) is 3.06. The molecule has 0 saturated carbocycles.